The van der Waals surface area contributed by atoms with E-state index < -0.39 is 5.97 Å². The molecule has 0 aliphatic carbocycles. The number of aromatic nitrogens is 1. The van der Waals surface area contributed by atoms with Crippen molar-refractivity contribution < 1.29 is 14.6 Å². The van der Waals surface area contributed by atoms with Gasteiger partial charge in [-0.3, -0.25) is 0 Å². The van der Waals surface area contributed by atoms with Crippen LogP contribution in [0.2, 0.25) is 0 Å². The topological polar surface area (TPSA) is 86.5 Å². The lowest BCUT2D eigenvalue weighted by Gasteiger charge is -2.21. The van der Waals surface area contributed by atoms with Crippen LogP contribution in [-0.2, 0) is 4.74 Å². The summed E-state index contributed by atoms with van der Waals surface area (Å²) in [6.45, 7) is 0.340. The van der Waals surface area contributed by atoms with Crippen molar-refractivity contribution in [1.29, 1.82) is 5.26 Å². The molecule has 3 rings (SSSR count). The number of aliphatic hydroxyl groups excluding tert-OH is 1. The van der Waals surface area contributed by atoms with Crippen LogP contribution in [0.1, 0.15) is 15.9 Å². The van der Waals surface area contributed by atoms with E-state index in [1.54, 1.807) is 35.4 Å². The Morgan fingerprint density at radius 3 is 2.78 bits per heavy atom. The van der Waals surface area contributed by atoms with E-state index in [1.165, 1.54) is 7.11 Å². The third-order valence-electron chi connectivity index (χ3n) is 4.40. The predicted molar refractivity (Wildman–Crippen MR) is 104 cm³/mol. The molecule has 0 aliphatic rings. The lowest BCUT2D eigenvalue weighted by atomic mass is 9.96. The van der Waals surface area contributed by atoms with Crippen LogP contribution >= 0.6 is 0 Å². The Morgan fingerprint density at radius 1 is 1.30 bits per heavy atom. The average Bonchev–Trinajstić information content (AvgIpc) is 2.72. The summed E-state index contributed by atoms with van der Waals surface area (Å²) in [6.07, 6.45) is 1.73. The van der Waals surface area contributed by atoms with Crippen LogP contribution in [0.25, 0.3) is 21.9 Å². The molecule has 1 N–H and O–H groups in total. The zero-order valence-electron chi connectivity index (χ0n) is 15.1. The number of nitriles is 1. The number of rotatable bonds is 5. The summed E-state index contributed by atoms with van der Waals surface area (Å²) in [5, 5.41) is 20.0. The number of methoxy groups -OCH3 is 1. The molecule has 0 amide bonds. The van der Waals surface area contributed by atoms with Gasteiger partial charge in [0, 0.05) is 30.7 Å². The van der Waals surface area contributed by atoms with Crippen LogP contribution in [-0.4, -0.2) is 43.4 Å². The first-order chi connectivity index (χ1) is 13.1. The smallest absolute Gasteiger partial charge is 0.338 e. The molecule has 0 bridgehead atoms. The van der Waals surface area contributed by atoms with Crippen LogP contribution in [0.4, 0.5) is 5.82 Å². The number of hydrogen-bond donors (Lipinski definition) is 1. The summed E-state index contributed by atoms with van der Waals surface area (Å²) in [6, 6.07) is 14.8. The van der Waals surface area contributed by atoms with E-state index in [0.717, 1.165) is 16.5 Å². The second-order valence-electron chi connectivity index (χ2n) is 6.05. The Labute approximate surface area is 157 Å². The van der Waals surface area contributed by atoms with Gasteiger partial charge in [-0.05, 0) is 29.1 Å². The van der Waals surface area contributed by atoms with E-state index in [1.807, 2.05) is 25.2 Å². The van der Waals surface area contributed by atoms with Crippen molar-refractivity contribution in [1.82, 2.24) is 4.98 Å². The Kier molecular flexibility index (Phi) is 5.34. The van der Waals surface area contributed by atoms with Gasteiger partial charge in [-0.1, -0.05) is 24.3 Å². The van der Waals surface area contributed by atoms with Gasteiger partial charge in [0.05, 0.1) is 30.9 Å². The molecule has 0 saturated heterocycles. The molecule has 6 heteroatoms. The van der Waals surface area contributed by atoms with Gasteiger partial charge in [-0.2, -0.15) is 5.26 Å². The summed E-state index contributed by atoms with van der Waals surface area (Å²) in [5.41, 5.74) is 2.60. The highest BCUT2D eigenvalue weighted by Crippen LogP contribution is 2.35. The minimum absolute atomic E-state index is 0.0357. The molecule has 1 aromatic heterocycles. The zero-order valence-corrected chi connectivity index (χ0v) is 15.1. The van der Waals surface area contributed by atoms with Gasteiger partial charge in [-0.25, -0.2) is 9.78 Å². The first kappa shape index (κ1) is 18.4. The van der Waals surface area contributed by atoms with Gasteiger partial charge < -0.3 is 14.7 Å². The highest BCUT2D eigenvalue weighted by atomic mass is 16.5. The zero-order chi connectivity index (χ0) is 19.4. The SMILES string of the molecule is COC(=O)c1cccc2c(-c3cccc(C#N)c3)cnc(N(C)CCO)c12. The Hall–Kier alpha value is -3.43. The van der Waals surface area contributed by atoms with Gasteiger partial charge in [0.15, 0.2) is 0 Å². The molecular weight excluding hydrogens is 342 g/mol. The molecule has 0 aliphatic heterocycles. The molecule has 3 aromatic rings. The molecule has 0 fully saturated rings. The van der Waals surface area contributed by atoms with E-state index >= 15 is 0 Å². The van der Waals surface area contributed by atoms with Crippen LogP contribution in [0.3, 0.4) is 0 Å². The lowest BCUT2D eigenvalue weighted by molar-refractivity contribution is 0.0603. The maximum atomic E-state index is 12.3. The van der Waals surface area contributed by atoms with E-state index in [2.05, 4.69) is 11.1 Å². The van der Waals surface area contributed by atoms with Gasteiger partial charge in [0.1, 0.15) is 5.82 Å². The van der Waals surface area contributed by atoms with E-state index in [4.69, 9.17) is 4.74 Å². The van der Waals surface area contributed by atoms with Gasteiger partial charge in [0.2, 0.25) is 0 Å². The third kappa shape index (κ3) is 3.46. The van der Waals surface area contributed by atoms with Gasteiger partial charge >= 0.3 is 5.97 Å². The number of aliphatic hydroxyl groups is 1. The largest absolute Gasteiger partial charge is 0.465 e. The van der Waals surface area contributed by atoms with Crippen molar-refractivity contribution in [3.63, 3.8) is 0 Å². The van der Waals surface area contributed by atoms with E-state index in [0.29, 0.717) is 28.9 Å². The predicted octanol–water partition coefficient (Wildman–Crippen LogP) is 2.99. The highest BCUT2D eigenvalue weighted by Gasteiger charge is 2.19. The number of benzene rings is 2. The summed E-state index contributed by atoms with van der Waals surface area (Å²) < 4.78 is 4.94. The number of esters is 1. The first-order valence-corrected chi connectivity index (χ1v) is 8.43. The molecule has 6 nitrogen and oxygen atoms in total. The summed E-state index contributed by atoms with van der Waals surface area (Å²) in [5.74, 6) is 0.129. The van der Waals surface area contributed by atoms with Crippen molar-refractivity contribution in [2.45, 2.75) is 0 Å². The highest BCUT2D eigenvalue weighted by molar-refractivity contribution is 6.12. The number of likely N-dealkylation sites (N-methyl/N-ethyl adjacent to an activating group) is 1. The van der Waals surface area contributed by atoms with Gasteiger partial charge in [-0.15, -0.1) is 0 Å². The van der Waals surface area contributed by atoms with Crippen molar-refractivity contribution in [2.75, 3.05) is 32.2 Å². The number of anilines is 1. The maximum Gasteiger partial charge on any atom is 0.338 e. The fourth-order valence-electron chi connectivity index (χ4n) is 3.09. The first-order valence-electron chi connectivity index (χ1n) is 8.43. The molecule has 0 radical (unpaired) electrons. The van der Waals surface area contributed by atoms with Crippen LogP contribution in [0, 0.1) is 11.3 Å². The molecule has 2 aromatic carbocycles. The third-order valence-corrected chi connectivity index (χ3v) is 4.40. The van der Waals surface area contributed by atoms with Crippen molar-refractivity contribution in [2.24, 2.45) is 0 Å². The average molecular weight is 361 g/mol. The summed E-state index contributed by atoms with van der Waals surface area (Å²) in [4.78, 5) is 18.7. The summed E-state index contributed by atoms with van der Waals surface area (Å²) in [7, 11) is 3.15. The number of hydrogen-bond acceptors (Lipinski definition) is 6. The van der Waals surface area contributed by atoms with E-state index in [9.17, 15) is 15.2 Å². The molecule has 136 valence electrons. The standard InChI is InChI=1S/C21H19N3O3/c1-24(9-10-25)20-19-16(7-4-8-17(19)21(26)27-2)18(13-23-20)15-6-3-5-14(11-15)12-22/h3-8,11,13,25H,9-10H2,1-2H3. The number of ether oxygens (including phenoxy) is 1. The van der Waals surface area contributed by atoms with Crippen molar-refractivity contribution >= 4 is 22.6 Å². The minimum Gasteiger partial charge on any atom is -0.465 e. The van der Waals surface area contributed by atoms with Crippen LogP contribution in [0.5, 0.6) is 0 Å². The summed E-state index contributed by atoms with van der Waals surface area (Å²) >= 11 is 0. The van der Waals surface area contributed by atoms with Crippen LogP contribution < -0.4 is 4.90 Å². The molecule has 27 heavy (non-hydrogen) atoms. The number of pyridine rings is 1. The maximum absolute atomic E-state index is 12.3. The number of fused-ring (bicyclic) bond motifs is 1. The quantitative estimate of drug-likeness (QED) is 0.703. The molecular formula is C21H19N3O3. The molecule has 0 atom stereocenters. The monoisotopic (exact) mass is 361 g/mol. The van der Waals surface area contributed by atoms with Crippen molar-refractivity contribution in [3.8, 4) is 17.2 Å². The van der Waals surface area contributed by atoms with Crippen LogP contribution in [0.15, 0.2) is 48.7 Å². The van der Waals surface area contributed by atoms with E-state index in [-0.39, 0.29) is 6.61 Å². The Bertz CT molecular complexity index is 1040. The molecule has 0 spiro atoms. The van der Waals surface area contributed by atoms with Crippen molar-refractivity contribution in [3.05, 3.63) is 59.8 Å². The molecule has 0 unspecified atom stereocenters. The fraction of sp³-hybridized carbons (Fsp3) is 0.190. The Morgan fingerprint density at radius 2 is 2.07 bits per heavy atom. The van der Waals surface area contributed by atoms with Gasteiger partial charge in [0.25, 0.3) is 0 Å². The Balaban J connectivity index is 2.34. The number of nitrogens with zero attached hydrogens (tertiary/aromatic N) is 3. The normalized spacial score (nSPS) is 10.4. The molecule has 1 heterocycles. The number of carbonyl (C=O) groups is 1. The second kappa shape index (κ2) is 7.85. The molecule has 0 saturated carbocycles. The minimum atomic E-state index is -0.455. The second-order valence-corrected chi connectivity index (χ2v) is 6.05. The number of carbonyl (C=O) groups excluding carboxylic acids is 1. The lowest BCUT2D eigenvalue weighted by Crippen LogP contribution is -2.23. The fourth-order valence-corrected chi connectivity index (χ4v) is 3.09.